The molecular formula is C12H6BrCl3O2S. The molecule has 0 saturated heterocycles. The molecular weight excluding hydrogens is 394 g/mol. The Morgan fingerprint density at radius 3 is 2.58 bits per heavy atom. The molecule has 0 unspecified atom stereocenters. The largest absolute Gasteiger partial charge is 0.484 e. The van der Waals surface area contributed by atoms with Gasteiger partial charge in [0.2, 0.25) is 5.78 Å². The van der Waals surface area contributed by atoms with Crippen molar-refractivity contribution in [2.45, 2.75) is 0 Å². The van der Waals surface area contributed by atoms with Crippen LogP contribution in [0.3, 0.4) is 0 Å². The lowest BCUT2D eigenvalue weighted by atomic mass is 10.3. The summed E-state index contributed by atoms with van der Waals surface area (Å²) in [5.74, 6) is 0.206. The van der Waals surface area contributed by atoms with E-state index in [0.717, 1.165) is 0 Å². The summed E-state index contributed by atoms with van der Waals surface area (Å²) >= 11 is 22.2. The molecule has 0 aliphatic heterocycles. The van der Waals surface area contributed by atoms with Crippen LogP contribution in [0.25, 0.3) is 0 Å². The van der Waals surface area contributed by atoms with Gasteiger partial charge in [0.05, 0.1) is 19.3 Å². The number of carbonyl (C=O) groups excluding carboxylic acids is 1. The van der Waals surface area contributed by atoms with Gasteiger partial charge in [-0.2, -0.15) is 0 Å². The van der Waals surface area contributed by atoms with Crippen molar-refractivity contribution in [2.75, 3.05) is 6.61 Å². The Hall–Kier alpha value is -0.260. The first-order valence-electron chi connectivity index (χ1n) is 5.03. The molecule has 0 spiro atoms. The van der Waals surface area contributed by atoms with Crippen molar-refractivity contribution < 1.29 is 9.53 Å². The van der Waals surface area contributed by atoms with E-state index in [9.17, 15) is 4.79 Å². The number of ether oxygens (including phenoxy) is 1. The van der Waals surface area contributed by atoms with Gasteiger partial charge >= 0.3 is 0 Å². The molecule has 0 saturated carbocycles. The minimum absolute atomic E-state index is 0.117. The second-order valence-electron chi connectivity index (χ2n) is 3.51. The van der Waals surface area contributed by atoms with Crippen LogP contribution in [0.2, 0.25) is 14.4 Å². The fourth-order valence-electron chi connectivity index (χ4n) is 1.29. The molecule has 0 N–H and O–H groups in total. The molecule has 0 amide bonds. The van der Waals surface area contributed by atoms with E-state index >= 15 is 0 Å². The fraction of sp³-hybridized carbons (Fsp3) is 0.0833. The second kappa shape index (κ2) is 6.46. The zero-order chi connectivity index (χ0) is 14.0. The van der Waals surface area contributed by atoms with Crippen molar-refractivity contribution in [1.82, 2.24) is 0 Å². The highest BCUT2D eigenvalue weighted by Crippen LogP contribution is 2.34. The quantitative estimate of drug-likeness (QED) is 0.484. The van der Waals surface area contributed by atoms with E-state index in [-0.39, 0.29) is 12.4 Å². The lowest BCUT2D eigenvalue weighted by molar-refractivity contribution is 0.0925. The third-order valence-corrected chi connectivity index (χ3v) is 4.95. The van der Waals surface area contributed by atoms with Crippen LogP contribution < -0.4 is 4.74 Å². The Bertz CT molecular complexity index is 627. The van der Waals surface area contributed by atoms with E-state index in [4.69, 9.17) is 39.5 Å². The van der Waals surface area contributed by atoms with E-state index in [1.165, 1.54) is 11.3 Å². The lowest BCUT2D eigenvalue weighted by Gasteiger charge is -2.08. The number of rotatable bonds is 4. The number of thiophene rings is 1. The first-order chi connectivity index (χ1) is 8.97. The molecule has 19 heavy (non-hydrogen) atoms. The molecule has 0 fully saturated rings. The summed E-state index contributed by atoms with van der Waals surface area (Å²) in [6.07, 6.45) is 0. The first-order valence-corrected chi connectivity index (χ1v) is 7.77. The van der Waals surface area contributed by atoms with Gasteiger partial charge in [-0.15, -0.1) is 11.3 Å². The third-order valence-electron chi connectivity index (χ3n) is 2.18. The number of hydrogen-bond acceptors (Lipinski definition) is 3. The van der Waals surface area contributed by atoms with Gasteiger partial charge in [0.1, 0.15) is 5.75 Å². The highest BCUT2D eigenvalue weighted by Gasteiger charge is 2.12. The van der Waals surface area contributed by atoms with Crippen molar-refractivity contribution in [2.24, 2.45) is 0 Å². The summed E-state index contributed by atoms with van der Waals surface area (Å²) in [4.78, 5) is 12.4. The van der Waals surface area contributed by atoms with Gasteiger partial charge in [-0.25, -0.2) is 0 Å². The van der Waals surface area contributed by atoms with Gasteiger partial charge in [0.25, 0.3) is 0 Å². The van der Waals surface area contributed by atoms with Crippen molar-refractivity contribution in [3.63, 3.8) is 0 Å². The molecule has 2 aromatic rings. The van der Waals surface area contributed by atoms with Crippen molar-refractivity contribution in [1.29, 1.82) is 0 Å². The number of Topliss-reactive ketones (excluding diaryl/α,β-unsaturated/α-hetero) is 1. The van der Waals surface area contributed by atoms with Crippen molar-refractivity contribution in [3.05, 3.63) is 48.0 Å². The van der Waals surface area contributed by atoms with Gasteiger partial charge in [0, 0.05) is 10.5 Å². The number of hydrogen-bond donors (Lipinski definition) is 0. The van der Waals surface area contributed by atoms with Crippen LogP contribution in [0.5, 0.6) is 5.75 Å². The molecule has 1 heterocycles. The molecule has 1 aromatic heterocycles. The van der Waals surface area contributed by atoms with Gasteiger partial charge in [-0.3, -0.25) is 4.79 Å². The molecule has 1 aromatic carbocycles. The van der Waals surface area contributed by atoms with E-state index in [0.29, 0.717) is 29.5 Å². The van der Waals surface area contributed by atoms with Gasteiger partial charge < -0.3 is 4.74 Å². The predicted molar refractivity (Wildman–Crippen MR) is 83.3 cm³/mol. The van der Waals surface area contributed by atoms with E-state index < -0.39 is 0 Å². The number of ketones is 1. The minimum atomic E-state index is -0.160. The highest BCUT2D eigenvalue weighted by atomic mass is 79.9. The molecule has 2 nitrogen and oxygen atoms in total. The average molecular weight is 401 g/mol. The van der Waals surface area contributed by atoms with Gasteiger partial charge in [-0.1, -0.05) is 34.8 Å². The number of halogens is 4. The maximum Gasteiger partial charge on any atom is 0.210 e. The smallest absolute Gasteiger partial charge is 0.210 e. The Balaban J connectivity index is 2.07. The molecule has 100 valence electrons. The molecule has 2 rings (SSSR count). The van der Waals surface area contributed by atoms with Gasteiger partial charge in [0.15, 0.2) is 6.61 Å². The minimum Gasteiger partial charge on any atom is -0.484 e. The van der Waals surface area contributed by atoms with Gasteiger partial charge in [-0.05, 0) is 34.1 Å². The second-order valence-corrected chi connectivity index (χ2v) is 6.90. The number of carbonyl (C=O) groups is 1. The summed E-state index contributed by atoms with van der Waals surface area (Å²) in [5, 5.41) is 0.847. The monoisotopic (exact) mass is 398 g/mol. The molecule has 0 aliphatic rings. The molecule has 0 bridgehead atoms. The van der Waals surface area contributed by atoms with Crippen LogP contribution in [-0.4, -0.2) is 12.4 Å². The summed E-state index contributed by atoms with van der Waals surface area (Å²) in [7, 11) is 0. The topological polar surface area (TPSA) is 26.3 Å². The SMILES string of the molecule is O=C(COc1cc(Cl)c(Br)cc1Cl)c1ccc(Cl)s1. The molecule has 0 atom stereocenters. The Labute approximate surface area is 137 Å². The van der Waals surface area contributed by atoms with Crippen molar-refractivity contribution in [3.8, 4) is 5.75 Å². The molecule has 7 heteroatoms. The normalized spacial score (nSPS) is 10.5. The van der Waals surface area contributed by atoms with E-state index in [1.807, 2.05) is 0 Å². The summed E-state index contributed by atoms with van der Waals surface area (Å²) < 4.78 is 6.61. The Morgan fingerprint density at radius 2 is 1.95 bits per heavy atom. The van der Waals surface area contributed by atoms with Crippen LogP contribution >= 0.6 is 62.1 Å². The van der Waals surface area contributed by atoms with Crippen LogP contribution in [0, 0.1) is 0 Å². The highest BCUT2D eigenvalue weighted by molar-refractivity contribution is 9.10. The summed E-state index contributed by atoms with van der Waals surface area (Å²) in [6.45, 7) is -0.117. The standard InChI is InChI=1S/C12H6BrCl3O2S/c13-6-3-8(15)10(4-7(6)14)18-5-9(17)11-1-2-12(16)19-11/h1-4H,5H2. The van der Waals surface area contributed by atoms with Crippen molar-refractivity contribution >= 4 is 67.9 Å². The molecule has 0 radical (unpaired) electrons. The lowest BCUT2D eigenvalue weighted by Crippen LogP contribution is -2.10. The zero-order valence-corrected chi connectivity index (χ0v) is 13.9. The third kappa shape index (κ3) is 3.86. The predicted octanol–water partition coefficient (Wildman–Crippen LogP) is 5.73. The Morgan fingerprint density at radius 1 is 1.21 bits per heavy atom. The molecule has 0 aliphatic carbocycles. The summed E-state index contributed by atoms with van der Waals surface area (Å²) in [6, 6.07) is 6.51. The van der Waals surface area contributed by atoms with Crippen LogP contribution in [0.15, 0.2) is 28.7 Å². The Kier molecular flexibility index (Phi) is 5.15. The van der Waals surface area contributed by atoms with E-state index in [2.05, 4.69) is 15.9 Å². The number of benzene rings is 1. The van der Waals surface area contributed by atoms with Crippen LogP contribution in [0.1, 0.15) is 9.67 Å². The fourth-order valence-corrected chi connectivity index (χ4v) is 3.11. The average Bonchev–Trinajstić information content (AvgIpc) is 2.78. The maximum absolute atomic E-state index is 11.8. The zero-order valence-electron chi connectivity index (χ0n) is 9.25. The maximum atomic E-state index is 11.8. The van der Waals surface area contributed by atoms with Crippen LogP contribution in [0.4, 0.5) is 0 Å². The first kappa shape index (κ1) is 15.1. The summed E-state index contributed by atoms with van der Waals surface area (Å²) in [5.41, 5.74) is 0. The van der Waals surface area contributed by atoms with Crippen LogP contribution in [-0.2, 0) is 0 Å². The van der Waals surface area contributed by atoms with E-state index in [1.54, 1.807) is 24.3 Å².